The molecule has 2 N–H and O–H groups in total. The van der Waals surface area contributed by atoms with Crippen molar-refractivity contribution in [2.45, 2.75) is 19.4 Å². The number of aromatic nitrogens is 1. The first-order chi connectivity index (χ1) is 15.7. The van der Waals surface area contributed by atoms with Gasteiger partial charge < -0.3 is 15.2 Å². The van der Waals surface area contributed by atoms with E-state index in [1.807, 2.05) is 66.7 Å². The Labute approximate surface area is 187 Å². The van der Waals surface area contributed by atoms with Gasteiger partial charge in [-0.05, 0) is 29.7 Å². The zero-order valence-electron chi connectivity index (χ0n) is 17.8. The summed E-state index contributed by atoms with van der Waals surface area (Å²) < 4.78 is 2.18. The van der Waals surface area contributed by atoms with E-state index in [-0.39, 0.29) is 0 Å². The Morgan fingerprint density at radius 3 is 2.50 bits per heavy atom. The summed E-state index contributed by atoms with van der Waals surface area (Å²) in [5.74, 6) is -1.08. The number of ketones is 1. The predicted molar refractivity (Wildman–Crippen MR) is 127 cm³/mol. The van der Waals surface area contributed by atoms with Gasteiger partial charge in [0.05, 0.1) is 5.56 Å². The van der Waals surface area contributed by atoms with E-state index in [4.69, 9.17) is 0 Å². The van der Waals surface area contributed by atoms with Crippen molar-refractivity contribution in [1.82, 2.24) is 9.88 Å². The number of carbonyl (C=O) groups is 2. The summed E-state index contributed by atoms with van der Waals surface area (Å²) in [5.41, 5.74) is 5.27. The first-order valence-electron chi connectivity index (χ1n) is 11.0. The molecule has 0 saturated heterocycles. The molecule has 3 aromatic carbocycles. The smallest absolute Gasteiger partial charge is 0.296 e. The van der Waals surface area contributed by atoms with Gasteiger partial charge in [0.2, 0.25) is 0 Å². The van der Waals surface area contributed by atoms with Crippen molar-refractivity contribution in [1.29, 1.82) is 0 Å². The summed E-state index contributed by atoms with van der Waals surface area (Å²) in [6, 6.07) is 25.6. The van der Waals surface area contributed by atoms with Crippen molar-refractivity contribution < 1.29 is 9.59 Å². The minimum absolute atomic E-state index is 0.480. The standard InChI is InChI=1S/C27H25N3O2/c31-26(25-21-11-5-7-13-23(21)30-17-16-28-15-14-24(25)30)27(32)29-22-12-6-4-10-20(22)18-19-8-2-1-3-9-19/h1-13,28H,14-18H2,(H,29,32). The van der Waals surface area contributed by atoms with Crippen molar-refractivity contribution in [2.24, 2.45) is 0 Å². The summed E-state index contributed by atoms with van der Waals surface area (Å²) in [5, 5.41) is 7.12. The van der Waals surface area contributed by atoms with Gasteiger partial charge in [0.1, 0.15) is 0 Å². The van der Waals surface area contributed by atoms with Crippen LogP contribution in [0.4, 0.5) is 5.69 Å². The monoisotopic (exact) mass is 423 g/mol. The van der Waals surface area contributed by atoms with Gasteiger partial charge in [0.15, 0.2) is 0 Å². The molecule has 0 saturated carbocycles. The Kier molecular flexibility index (Phi) is 5.57. The fourth-order valence-corrected chi connectivity index (χ4v) is 4.55. The highest BCUT2D eigenvalue weighted by atomic mass is 16.2. The van der Waals surface area contributed by atoms with Gasteiger partial charge in [-0.15, -0.1) is 0 Å². The van der Waals surface area contributed by atoms with Gasteiger partial charge in [-0.2, -0.15) is 0 Å². The average Bonchev–Trinajstić information content (AvgIpc) is 2.95. The van der Waals surface area contributed by atoms with E-state index in [9.17, 15) is 9.59 Å². The highest BCUT2D eigenvalue weighted by Gasteiger charge is 2.27. The molecule has 2 heterocycles. The zero-order chi connectivity index (χ0) is 21.9. The summed E-state index contributed by atoms with van der Waals surface area (Å²) in [7, 11) is 0. The van der Waals surface area contributed by atoms with Gasteiger partial charge in [-0.1, -0.05) is 66.7 Å². The Morgan fingerprint density at radius 2 is 1.62 bits per heavy atom. The SMILES string of the molecule is O=C(Nc1ccccc1Cc1ccccc1)C(=O)c1c2n(c3ccccc13)CCNCC2. The van der Waals surface area contributed by atoms with E-state index in [0.717, 1.165) is 47.4 Å². The summed E-state index contributed by atoms with van der Waals surface area (Å²) in [6.45, 7) is 2.42. The van der Waals surface area contributed by atoms with Gasteiger partial charge in [0.25, 0.3) is 11.7 Å². The first-order valence-corrected chi connectivity index (χ1v) is 11.0. The molecule has 0 fully saturated rings. The van der Waals surface area contributed by atoms with Crippen LogP contribution in [0.25, 0.3) is 10.9 Å². The Morgan fingerprint density at radius 1 is 0.875 bits per heavy atom. The summed E-state index contributed by atoms with van der Waals surface area (Å²) in [6.07, 6.45) is 1.40. The number of carbonyl (C=O) groups excluding carboxylic acids is 2. The highest BCUT2D eigenvalue weighted by Crippen LogP contribution is 2.29. The van der Waals surface area contributed by atoms with Crippen LogP contribution in [0.15, 0.2) is 78.9 Å². The predicted octanol–water partition coefficient (Wildman–Crippen LogP) is 4.20. The Hall–Kier alpha value is -3.70. The molecule has 5 heteroatoms. The quantitative estimate of drug-likeness (QED) is 0.374. The van der Waals surface area contributed by atoms with Crippen LogP contribution in [0.2, 0.25) is 0 Å². The minimum Gasteiger partial charge on any atom is -0.343 e. The van der Waals surface area contributed by atoms with Crippen LogP contribution >= 0.6 is 0 Å². The van der Waals surface area contributed by atoms with E-state index in [2.05, 4.69) is 27.3 Å². The largest absolute Gasteiger partial charge is 0.343 e. The molecule has 1 aliphatic heterocycles. The number of benzene rings is 3. The molecule has 0 atom stereocenters. The molecule has 0 spiro atoms. The van der Waals surface area contributed by atoms with Crippen LogP contribution in [0.5, 0.6) is 0 Å². The number of hydrogen-bond donors (Lipinski definition) is 2. The number of fused-ring (bicyclic) bond motifs is 3. The topological polar surface area (TPSA) is 63.1 Å². The van der Waals surface area contributed by atoms with Gasteiger partial charge in [-0.3, -0.25) is 9.59 Å². The number of Topliss-reactive ketones (excluding diaryl/α,β-unsaturated/α-hetero) is 1. The maximum Gasteiger partial charge on any atom is 0.296 e. The van der Waals surface area contributed by atoms with Gasteiger partial charge in [0, 0.05) is 48.3 Å². The molecule has 5 rings (SSSR count). The normalized spacial score (nSPS) is 13.4. The van der Waals surface area contributed by atoms with Crippen LogP contribution in [-0.2, 0) is 24.2 Å². The molecule has 32 heavy (non-hydrogen) atoms. The van der Waals surface area contributed by atoms with Gasteiger partial charge >= 0.3 is 0 Å². The molecule has 0 aliphatic carbocycles. The third kappa shape index (κ3) is 3.83. The molecule has 0 bridgehead atoms. The maximum atomic E-state index is 13.4. The lowest BCUT2D eigenvalue weighted by Gasteiger charge is -2.11. The zero-order valence-corrected chi connectivity index (χ0v) is 17.8. The number of nitrogens with one attached hydrogen (secondary N) is 2. The van der Waals surface area contributed by atoms with E-state index >= 15 is 0 Å². The minimum atomic E-state index is -0.595. The lowest BCUT2D eigenvalue weighted by molar-refractivity contribution is -0.112. The molecular weight excluding hydrogens is 398 g/mol. The second kappa shape index (κ2) is 8.81. The molecule has 0 radical (unpaired) electrons. The fourth-order valence-electron chi connectivity index (χ4n) is 4.55. The molecule has 4 aromatic rings. The number of rotatable bonds is 5. The van der Waals surface area contributed by atoms with E-state index in [1.54, 1.807) is 0 Å². The maximum absolute atomic E-state index is 13.4. The molecule has 0 unspecified atom stereocenters. The summed E-state index contributed by atoms with van der Waals surface area (Å²) in [4.78, 5) is 26.6. The number of para-hydroxylation sites is 2. The van der Waals surface area contributed by atoms with Crippen LogP contribution in [0.1, 0.15) is 27.2 Å². The van der Waals surface area contributed by atoms with Crippen molar-refractivity contribution in [3.8, 4) is 0 Å². The molecule has 5 nitrogen and oxygen atoms in total. The average molecular weight is 424 g/mol. The van der Waals surface area contributed by atoms with Crippen molar-refractivity contribution in [3.05, 3.63) is 101 Å². The van der Waals surface area contributed by atoms with Crippen LogP contribution in [0.3, 0.4) is 0 Å². The Bertz CT molecular complexity index is 1290. The second-order valence-electron chi connectivity index (χ2n) is 8.09. The van der Waals surface area contributed by atoms with Gasteiger partial charge in [-0.25, -0.2) is 0 Å². The summed E-state index contributed by atoms with van der Waals surface area (Å²) >= 11 is 0. The molecule has 1 amide bonds. The molecule has 160 valence electrons. The Balaban J connectivity index is 1.47. The third-order valence-electron chi connectivity index (χ3n) is 6.07. The molecule has 1 aliphatic rings. The van der Waals surface area contributed by atoms with Crippen LogP contribution in [0, 0.1) is 0 Å². The number of hydrogen-bond acceptors (Lipinski definition) is 3. The number of anilines is 1. The third-order valence-corrected chi connectivity index (χ3v) is 6.07. The molecular formula is C27H25N3O2. The van der Waals surface area contributed by atoms with Crippen molar-refractivity contribution in [3.63, 3.8) is 0 Å². The van der Waals surface area contributed by atoms with Crippen molar-refractivity contribution >= 4 is 28.3 Å². The fraction of sp³-hybridized carbons (Fsp3) is 0.185. The first kappa shape index (κ1) is 20.2. The number of nitrogens with zero attached hydrogens (tertiary/aromatic N) is 1. The van der Waals surface area contributed by atoms with E-state index in [1.165, 1.54) is 0 Å². The van der Waals surface area contributed by atoms with E-state index < -0.39 is 11.7 Å². The lowest BCUT2D eigenvalue weighted by atomic mass is 10.0. The lowest BCUT2D eigenvalue weighted by Crippen LogP contribution is -2.25. The highest BCUT2D eigenvalue weighted by molar-refractivity contribution is 6.48. The van der Waals surface area contributed by atoms with E-state index in [0.29, 0.717) is 24.1 Å². The second-order valence-corrected chi connectivity index (χ2v) is 8.09. The van der Waals surface area contributed by atoms with Crippen LogP contribution in [-0.4, -0.2) is 29.3 Å². The molecule has 1 aromatic heterocycles. The van der Waals surface area contributed by atoms with Crippen LogP contribution < -0.4 is 10.6 Å². The number of amides is 1. The van der Waals surface area contributed by atoms with Crippen molar-refractivity contribution in [2.75, 3.05) is 18.4 Å².